The Labute approximate surface area is 85.8 Å². The second-order valence-corrected chi connectivity index (χ2v) is 4.52. The zero-order valence-corrected chi connectivity index (χ0v) is 8.96. The predicted octanol–water partition coefficient (Wildman–Crippen LogP) is 1.98. The van der Waals surface area contributed by atoms with Gasteiger partial charge in [0, 0.05) is 19.1 Å². The van der Waals surface area contributed by atoms with E-state index in [4.69, 9.17) is 0 Å². The Morgan fingerprint density at radius 1 is 1.57 bits per heavy atom. The average molecular weight is 196 g/mol. The zero-order valence-electron chi connectivity index (χ0n) is 8.96. The first-order valence-electron chi connectivity index (χ1n) is 5.85. The van der Waals surface area contributed by atoms with E-state index in [0.29, 0.717) is 6.04 Å². The lowest BCUT2D eigenvalue weighted by Gasteiger charge is -2.34. The molecular formula is C11H20N2O. The van der Waals surface area contributed by atoms with Gasteiger partial charge in [-0.25, -0.2) is 4.79 Å². The number of carbonyl (C=O) groups is 1. The number of nitrogens with zero attached hydrogens (tertiary/aromatic N) is 1. The maximum atomic E-state index is 11.6. The number of hydrogen-bond acceptors (Lipinski definition) is 1. The topological polar surface area (TPSA) is 32.3 Å². The van der Waals surface area contributed by atoms with Crippen molar-refractivity contribution in [2.24, 2.45) is 5.92 Å². The van der Waals surface area contributed by atoms with Crippen molar-refractivity contribution in [1.82, 2.24) is 10.2 Å². The molecule has 3 heteroatoms. The molecule has 1 saturated heterocycles. The van der Waals surface area contributed by atoms with Gasteiger partial charge in [-0.2, -0.15) is 0 Å². The van der Waals surface area contributed by atoms with Crippen molar-refractivity contribution in [2.75, 3.05) is 13.1 Å². The highest BCUT2D eigenvalue weighted by molar-refractivity contribution is 5.75. The molecule has 3 nitrogen and oxygen atoms in total. The van der Waals surface area contributed by atoms with E-state index in [9.17, 15) is 4.79 Å². The summed E-state index contributed by atoms with van der Waals surface area (Å²) in [7, 11) is 0. The maximum absolute atomic E-state index is 11.6. The first-order valence-corrected chi connectivity index (χ1v) is 5.85. The van der Waals surface area contributed by atoms with Crippen LogP contribution in [0.2, 0.25) is 0 Å². The maximum Gasteiger partial charge on any atom is 0.317 e. The summed E-state index contributed by atoms with van der Waals surface area (Å²) in [5.41, 5.74) is 0. The third-order valence-corrected chi connectivity index (χ3v) is 3.33. The van der Waals surface area contributed by atoms with Gasteiger partial charge < -0.3 is 10.2 Å². The Morgan fingerprint density at radius 3 is 2.93 bits per heavy atom. The van der Waals surface area contributed by atoms with Gasteiger partial charge in [0.1, 0.15) is 0 Å². The highest BCUT2D eigenvalue weighted by Gasteiger charge is 2.30. The third kappa shape index (κ3) is 2.20. The van der Waals surface area contributed by atoms with E-state index in [1.54, 1.807) is 0 Å². The van der Waals surface area contributed by atoms with Crippen molar-refractivity contribution in [3.05, 3.63) is 0 Å². The Bertz CT molecular complexity index is 213. The van der Waals surface area contributed by atoms with Crippen LogP contribution in [0.4, 0.5) is 4.79 Å². The average Bonchev–Trinajstić information content (AvgIpc) is 2.99. The van der Waals surface area contributed by atoms with Crippen LogP contribution in [-0.4, -0.2) is 30.1 Å². The summed E-state index contributed by atoms with van der Waals surface area (Å²) in [6.07, 6.45) is 6.19. The van der Waals surface area contributed by atoms with Crippen LogP contribution in [0.15, 0.2) is 0 Å². The van der Waals surface area contributed by atoms with E-state index in [2.05, 4.69) is 12.2 Å². The summed E-state index contributed by atoms with van der Waals surface area (Å²) >= 11 is 0. The molecule has 2 aliphatic rings. The predicted molar refractivity (Wildman–Crippen MR) is 56.1 cm³/mol. The summed E-state index contributed by atoms with van der Waals surface area (Å²) in [5.74, 6) is 0.912. The lowest BCUT2D eigenvalue weighted by Crippen LogP contribution is -2.51. The zero-order chi connectivity index (χ0) is 9.97. The van der Waals surface area contributed by atoms with Crippen molar-refractivity contribution < 1.29 is 4.79 Å². The molecule has 0 radical (unpaired) electrons. The van der Waals surface area contributed by atoms with Gasteiger partial charge in [-0.05, 0) is 25.2 Å². The highest BCUT2D eigenvalue weighted by atomic mass is 16.2. The molecule has 1 aliphatic carbocycles. The summed E-state index contributed by atoms with van der Waals surface area (Å²) < 4.78 is 0. The molecule has 2 fully saturated rings. The molecule has 0 aromatic rings. The Balaban J connectivity index is 1.90. The number of nitrogens with one attached hydrogen (secondary N) is 1. The lowest BCUT2D eigenvalue weighted by atomic mass is 10.1. The van der Waals surface area contributed by atoms with E-state index < -0.39 is 0 Å². The minimum atomic E-state index is 0.156. The van der Waals surface area contributed by atoms with Crippen LogP contribution in [-0.2, 0) is 0 Å². The van der Waals surface area contributed by atoms with Gasteiger partial charge in [0.25, 0.3) is 0 Å². The normalized spacial score (nSPS) is 24.6. The minimum Gasteiger partial charge on any atom is -0.338 e. The van der Waals surface area contributed by atoms with E-state index in [-0.39, 0.29) is 6.03 Å². The molecule has 1 aliphatic heterocycles. The smallest absolute Gasteiger partial charge is 0.317 e. The number of urea groups is 1. The summed E-state index contributed by atoms with van der Waals surface area (Å²) in [6, 6.07) is 0.645. The lowest BCUT2D eigenvalue weighted by molar-refractivity contribution is 0.152. The molecule has 0 bridgehead atoms. The van der Waals surface area contributed by atoms with Crippen LogP contribution in [0.25, 0.3) is 0 Å². The summed E-state index contributed by atoms with van der Waals surface area (Å²) in [4.78, 5) is 13.7. The standard InChI is InChI=1S/C11H20N2O/c1-2-10(8-9-4-5-9)13-7-3-6-12-11(13)14/h9-10H,2-8H2,1H3,(H,12,14). The molecule has 1 saturated carbocycles. The fourth-order valence-corrected chi connectivity index (χ4v) is 2.25. The van der Waals surface area contributed by atoms with Gasteiger partial charge >= 0.3 is 6.03 Å². The molecule has 80 valence electrons. The van der Waals surface area contributed by atoms with E-state index in [1.807, 2.05) is 4.90 Å². The fraction of sp³-hybridized carbons (Fsp3) is 0.909. The number of carbonyl (C=O) groups excluding carboxylic acids is 1. The fourth-order valence-electron chi connectivity index (χ4n) is 2.25. The van der Waals surface area contributed by atoms with Crippen molar-refractivity contribution in [3.63, 3.8) is 0 Å². The SMILES string of the molecule is CCC(CC1CC1)N1CCCNC1=O. The molecule has 14 heavy (non-hydrogen) atoms. The van der Waals surface area contributed by atoms with Crippen molar-refractivity contribution in [2.45, 2.75) is 45.1 Å². The van der Waals surface area contributed by atoms with Crippen LogP contribution in [0.1, 0.15) is 39.0 Å². The van der Waals surface area contributed by atoms with Gasteiger partial charge in [-0.1, -0.05) is 19.8 Å². The largest absolute Gasteiger partial charge is 0.338 e. The summed E-state index contributed by atoms with van der Waals surface area (Å²) in [5, 5.41) is 2.93. The Morgan fingerprint density at radius 2 is 2.36 bits per heavy atom. The number of amides is 2. The van der Waals surface area contributed by atoms with E-state index in [1.165, 1.54) is 19.3 Å². The minimum absolute atomic E-state index is 0.156. The van der Waals surface area contributed by atoms with Gasteiger partial charge in [0.2, 0.25) is 0 Å². The Kier molecular flexibility index (Phi) is 2.94. The molecule has 0 spiro atoms. The number of hydrogen-bond donors (Lipinski definition) is 1. The monoisotopic (exact) mass is 196 g/mol. The Hall–Kier alpha value is -0.730. The van der Waals surface area contributed by atoms with Crippen LogP contribution >= 0.6 is 0 Å². The van der Waals surface area contributed by atoms with Crippen molar-refractivity contribution in [1.29, 1.82) is 0 Å². The summed E-state index contributed by atoms with van der Waals surface area (Å²) in [6.45, 7) is 4.00. The second-order valence-electron chi connectivity index (χ2n) is 4.52. The van der Waals surface area contributed by atoms with Crippen LogP contribution in [0.3, 0.4) is 0 Å². The number of rotatable bonds is 4. The van der Waals surface area contributed by atoms with Crippen molar-refractivity contribution in [3.8, 4) is 0 Å². The molecule has 1 heterocycles. The second kappa shape index (κ2) is 4.20. The van der Waals surface area contributed by atoms with Gasteiger partial charge in [0.15, 0.2) is 0 Å². The highest BCUT2D eigenvalue weighted by Crippen LogP contribution is 2.35. The molecule has 0 aromatic heterocycles. The van der Waals surface area contributed by atoms with Crippen molar-refractivity contribution >= 4 is 6.03 Å². The molecular weight excluding hydrogens is 176 g/mol. The molecule has 2 amide bonds. The molecule has 2 rings (SSSR count). The van der Waals surface area contributed by atoms with Crippen LogP contribution in [0.5, 0.6) is 0 Å². The van der Waals surface area contributed by atoms with Gasteiger partial charge in [-0.15, -0.1) is 0 Å². The third-order valence-electron chi connectivity index (χ3n) is 3.33. The van der Waals surface area contributed by atoms with Gasteiger partial charge in [0.05, 0.1) is 0 Å². The molecule has 1 atom stereocenters. The first kappa shape index (κ1) is 9.81. The van der Waals surface area contributed by atoms with E-state index >= 15 is 0 Å². The van der Waals surface area contributed by atoms with E-state index in [0.717, 1.165) is 31.8 Å². The molecule has 0 aromatic carbocycles. The van der Waals surface area contributed by atoms with Crippen LogP contribution in [0, 0.1) is 5.92 Å². The molecule has 1 unspecified atom stereocenters. The first-order chi connectivity index (χ1) is 6.81. The van der Waals surface area contributed by atoms with Crippen LogP contribution < -0.4 is 5.32 Å². The van der Waals surface area contributed by atoms with Gasteiger partial charge in [-0.3, -0.25) is 0 Å². The quantitative estimate of drug-likeness (QED) is 0.732. The molecule has 1 N–H and O–H groups in total.